The van der Waals surface area contributed by atoms with Crippen molar-refractivity contribution in [2.24, 2.45) is 11.8 Å². The van der Waals surface area contributed by atoms with Crippen molar-refractivity contribution in [1.82, 2.24) is 14.5 Å². The zero-order chi connectivity index (χ0) is 29.9. The zero-order valence-corrected chi connectivity index (χ0v) is 27.2. The van der Waals surface area contributed by atoms with Gasteiger partial charge in [0, 0.05) is 36.1 Å². The Morgan fingerprint density at radius 2 is 1.64 bits per heavy atom. The monoisotopic (exact) mass is 613 g/mol. The largest absolute Gasteiger partial charge is 0.356 e. The lowest BCUT2D eigenvalue weighted by Crippen LogP contribution is -2.48. The molecule has 0 aromatic heterocycles. The molecule has 230 valence electrons. The number of nitrogens with zero attached hydrogens (tertiary/aromatic N) is 2. The van der Waals surface area contributed by atoms with Gasteiger partial charge in [0.1, 0.15) is 0 Å². The minimum atomic E-state index is -3.69. The minimum absolute atomic E-state index is 0.0309. The van der Waals surface area contributed by atoms with Crippen LogP contribution >= 0.6 is 11.6 Å². The second-order valence-corrected chi connectivity index (χ2v) is 15.3. The number of likely N-dealkylation sites (tertiary alicyclic amines) is 1. The van der Waals surface area contributed by atoms with Crippen molar-refractivity contribution < 1.29 is 13.2 Å². The Morgan fingerprint density at radius 3 is 2.33 bits per heavy atom. The van der Waals surface area contributed by atoms with Gasteiger partial charge < -0.3 is 5.32 Å². The Labute approximate surface area is 258 Å². The number of hydrogen-bond acceptors (Lipinski definition) is 4. The summed E-state index contributed by atoms with van der Waals surface area (Å²) in [7, 11) is -3.69. The molecule has 1 saturated carbocycles. The number of sulfonamides is 1. The predicted molar refractivity (Wildman–Crippen MR) is 170 cm³/mol. The Hall–Kier alpha value is -1.93. The summed E-state index contributed by atoms with van der Waals surface area (Å²) >= 11 is 6.26. The summed E-state index contributed by atoms with van der Waals surface area (Å²) in [5, 5.41) is 3.81. The van der Waals surface area contributed by atoms with E-state index in [1.807, 2.05) is 13.8 Å². The Bertz CT molecular complexity index is 1340. The standard InChI is InChI=1S/C34H48ClN3O3S/c1-25-22-32(27(3)21-30(25)35)42(40,41)38-20-8-7-13-31(38)26(2)23-33(39)36-24-28-14-16-34(17-15-28,37-18-9-10-19-37)29-11-5-4-6-12-29/h4-6,11-12,21-22,26,28,31H,7-10,13-20,23-24H2,1-3H3,(H,36,39). The van der Waals surface area contributed by atoms with Gasteiger partial charge in [0.05, 0.1) is 4.90 Å². The summed E-state index contributed by atoms with van der Waals surface area (Å²) in [6, 6.07) is 14.3. The third-order valence-electron chi connectivity index (χ3n) is 10.2. The maximum Gasteiger partial charge on any atom is 0.243 e. The van der Waals surface area contributed by atoms with Gasteiger partial charge in [-0.2, -0.15) is 4.31 Å². The summed E-state index contributed by atoms with van der Waals surface area (Å²) in [4.78, 5) is 16.2. The lowest BCUT2D eigenvalue weighted by atomic mass is 9.71. The fraction of sp³-hybridized carbons (Fsp3) is 0.618. The van der Waals surface area contributed by atoms with E-state index in [2.05, 4.69) is 40.5 Å². The highest BCUT2D eigenvalue weighted by molar-refractivity contribution is 7.89. The first-order valence-corrected chi connectivity index (χ1v) is 17.8. The zero-order valence-electron chi connectivity index (χ0n) is 25.6. The fourth-order valence-electron chi connectivity index (χ4n) is 7.76. The van der Waals surface area contributed by atoms with Gasteiger partial charge in [-0.05, 0) is 119 Å². The molecule has 2 atom stereocenters. The number of carbonyl (C=O) groups is 1. The molecule has 2 saturated heterocycles. The minimum Gasteiger partial charge on any atom is -0.356 e. The van der Waals surface area contributed by atoms with E-state index in [0.717, 1.165) is 50.5 Å². The molecule has 0 radical (unpaired) electrons. The molecule has 6 nitrogen and oxygen atoms in total. The third-order valence-corrected chi connectivity index (χ3v) is 12.7. The molecule has 2 heterocycles. The number of rotatable bonds is 9. The van der Waals surface area contributed by atoms with Crippen LogP contribution < -0.4 is 5.32 Å². The second-order valence-electron chi connectivity index (χ2n) is 13.1. The molecule has 0 spiro atoms. The van der Waals surface area contributed by atoms with Crippen LogP contribution in [0.15, 0.2) is 47.4 Å². The molecule has 3 fully saturated rings. The highest BCUT2D eigenvalue weighted by Gasteiger charge is 2.43. The van der Waals surface area contributed by atoms with Crippen LogP contribution in [0.1, 0.15) is 87.8 Å². The van der Waals surface area contributed by atoms with Gasteiger partial charge in [-0.3, -0.25) is 9.69 Å². The van der Waals surface area contributed by atoms with Crippen molar-refractivity contribution in [3.05, 3.63) is 64.2 Å². The van der Waals surface area contributed by atoms with E-state index in [0.29, 0.717) is 40.9 Å². The van der Waals surface area contributed by atoms with Crippen molar-refractivity contribution in [2.45, 2.75) is 101 Å². The van der Waals surface area contributed by atoms with Crippen LogP contribution in [0.3, 0.4) is 0 Å². The molecule has 5 rings (SSSR count). The molecule has 8 heteroatoms. The van der Waals surface area contributed by atoms with E-state index in [9.17, 15) is 13.2 Å². The number of hydrogen-bond donors (Lipinski definition) is 1. The van der Waals surface area contributed by atoms with Gasteiger partial charge in [0.15, 0.2) is 0 Å². The number of halogens is 1. The maximum atomic E-state index is 13.8. The SMILES string of the molecule is Cc1cc(S(=O)(=O)N2CCCCC2C(C)CC(=O)NCC2CCC(c3ccccc3)(N3CCCC3)CC2)c(C)cc1Cl. The van der Waals surface area contributed by atoms with Gasteiger partial charge in [-0.1, -0.05) is 55.3 Å². The summed E-state index contributed by atoms with van der Waals surface area (Å²) in [6.07, 6.45) is 9.97. The Balaban J connectivity index is 1.18. The third kappa shape index (κ3) is 6.59. The predicted octanol–water partition coefficient (Wildman–Crippen LogP) is 6.82. The molecular formula is C34H48ClN3O3S. The average molecular weight is 614 g/mol. The van der Waals surface area contributed by atoms with Crippen LogP contribution in [0.5, 0.6) is 0 Å². The van der Waals surface area contributed by atoms with E-state index >= 15 is 0 Å². The first-order chi connectivity index (χ1) is 20.1. The van der Waals surface area contributed by atoms with Crippen molar-refractivity contribution in [2.75, 3.05) is 26.2 Å². The molecule has 2 unspecified atom stereocenters. The summed E-state index contributed by atoms with van der Waals surface area (Å²) < 4.78 is 29.3. The molecule has 0 bridgehead atoms. The highest BCUT2D eigenvalue weighted by atomic mass is 35.5. The number of benzene rings is 2. The van der Waals surface area contributed by atoms with Crippen LogP contribution in [-0.2, 0) is 20.4 Å². The van der Waals surface area contributed by atoms with Crippen molar-refractivity contribution in [3.8, 4) is 0 Å². The second kappa shape index (κ2) is 13.4. The molecule has 2 aromatic rings. The van der Waals surface area contributed by atoms with Crippen LogP contribution in [0.2, 0.25) is 5.02 Å². The number of amides is 1. The lowest BCUT2D eigenvalue weighted by Gasteiger charge is -2.47. The molecule has 3 aliphatic rings. The van der Waals surface area contributed by atoms with Crippen molar-refractivity contribution in [1.29, 1.82) is 0 Å². The molecule has 1 aliphatic carbocycles. The topological polar surface area (TPSA) is 69.7 Å². The van der Waals surface area contributed by atoms with Crippen molar-refractivity contribution in [3.63, 3.8) is 0 Å². The van der Waals surface area contributed by atoms with Crippen LogP contribution in [-0.4, -0.2) is 55.8 Å². The average Bonchev–Trinajstić information content (AvgIpc) is 3.54. The molecule has 1 N–H and O–H groups in total. The van der Waals surface area contributed by atoms with E-state index in [1.165, 1.54) is 31.5 Å². The molecule has 1 amide bonds. The molecular weight excluding hydrogens is 566 g/mol. The van der Waals surface area contributed by atoms with Gasteiger partial charge in [-0.25, -0.2) is 8.42 Å². The number of carbonyl (C=O) groups excluding carboxylic acids is 1. The van der Waals surface area contributed by atoms with Crippen LogP contribution in [0.25, 0.3) is 0 Å². The van der Waals surface area contributed by atoms with Gasteiger partial charge in [0.2, 0.25) is 15.9 Å². The van der Waals surface area contributed by atoms with E-state index in [1.54, 1.807) is 23.4 Å². The smallest absolute Gasteiger partial charge is 0.243 e. The normalized spacial score (nSPS) is 26.7. The number of nitrogens with one attached hydrogen (secondary N) is 1. The van der Waals surface area contributed by atoms with E-state index in [4.69, 9.17) is 11.6 Å². The first kappa shape index (κ1) is 31.5. The van der Waals surface area contributed by atoms with E-state index in [-0.39, 0.29) is 23.4 Å². The highest BCUT2D eigenvalue weighted by Crippen LogP contribution is 2.45. The van der Waals surface area contributed by atoms with Gasteiger partial charge >= 0.3 is 0 Å². The van der Waals surface area contributed by atoms with Crippen LogP contribution in [0, 0.1) is 25.7 Å². The molecule has 2 aromatic carbocycles. The number of aryl methyl sites for hydroxylation is 2. The summed E-state index contributed by atoms with van der Waals surface area (Å²) in [5.74, 6) is 0.441. The Kier molecular flexibility index (Phi) is 10.0. The lowest BCUT2D eigenvalue weighted by molar-refractivity contribution is -0.122. The Morgan fingerprint density at radius 1 is 0.976 bits per heavy atom. The molecule has 2 aliphatic heterocycles. The quantitative estimate of drug-likeness (QED) is 0.337. The van der Waals surface area contributed by atoms with Crippen LogP contribution in [0.4, 0.5) is 0 Å². The fourth-order valence-corrected chi connectivity index (χ4v) is 10.1. The first-order valence-electron chi connectivity index (χ1n) is 16.0. The van der Waals surface area contributed by atoms with Gasteiger partial charge in [0.25, 0.3) is 0 Å². The van der Waals surface area contributed by atoms with E-state index < -0.39 is 10.0 Å². The number of piperidine rings is 1. The maximum absolute atomic E-state index is 13.8. The summed E-state index contributed by atoms with van der Waals surface area (Å²) in [5.41, 5.74) is 2.99. The van der Waals surface area contributed by atoms with Crippen molar-refractivity contribution >= 4 is 27.5 Å². The molecule has 42 heavy (non-hydrogen) atoms. The van der Waals surface area contributed by atoms with Gasteiger partial charge in [-0.15, -0.1) is 0 Å². The summed E-state index contributed by atoms with van der Waals surface area (Å²) in [6.45, 7) is 9.21.